The van der Waals surface area contributed by atoms with Gasteiger partial charge >= 0.3 is 5.63 Å². The molecular formula is C20H16ClNO3. The van der Waals surface area contributed by atoms with Gasteiger partial charge in [-0.25, -0.2) is 4.79 Å². The largest absolute Gasteiger partial charge is 0.422 e. The average Bonchev–Trinajstić information content (AvgIpc) is 3.11. The minimum Gasteiger partial charge on any atom is -0.422 e. The van der Waals surface area contributed by atoms with Crippen LogP contribution in [-0.4, -0.2) is 17.4 Å². The van der Waals surface area contributed by atoms with E-state index >= 15 is 0 Å². The van der Waals surface area contributed by atoms with Gasteiger partial charge < -0.3 is 9.32 Å². The molecule has 0 aliphatic carbocycles. The number of nitrogens with zero attached hydrogens (tertiary/aromatic N) is 1. The Balaban J connectivity index is 1.71. The maximum atomic E-state index is 13.0. The van der Waals surface area contributed by atoms with Crippen molar-refractivity contribution in [1.82, 2.24) is 4.90 Å². The zero-order chi connectivity index (χ0) is 17.4. The molecule has 0 saturated carbocycles. The van der Waals surface area contributed by atoms with Gasteiger partial charge in [-0.1, -0.05) is 41.9 Å². The highest BCUT2D eigenvalue weighted by molar-refractivity contribution is 6.30. The van der Waals surface area contributed by atoms with Crippen molar-refractivity contribution in [2.45, 2.75) is 18.9 Å². The monoisotopic (exact) mass is 353 g/mol. The van der Waals surface area contributed by atoms with Gasteiger partial charge in [0.05, 0.1) is 6.04 Å². The van der Waals surface area contributed by atoms with Gasteiger partial charge in [-0.2, -0.15) is 0 Å². The van der Waals surface area contributed by atoms with Gasteiger partial charge in [0.1, 0.15) is 11.1 Å². The quantitative estimate of drug-likeness (QED) is 0.641. The molecule has 0 radical (unpaired) electrons. The molecule has 25 heavy (non-hydrogen) atoms. The highest BCUT2D eigenvalue weighted by Gasteiger charge is 2.32. The Morgan fingerprint density at radius 2 is 1.88 bits per heavy atom. The minimum absolute atomic E-state index is 0.0457. The topological polar surface area (TPSA) is 50.5 Å². The molecule has 0 spiro atoms. The van der Waals surface area contributed by atoms with E-state index < -0.39 is 5.63 Å². The summed E-state index contributed by atoms with van der Waals surface area (Å²) < 4.78 is 5.31. The Morgan fingerprint density at radius 1 is 1.12 bits per heavy atom. The van der Waals surface area contributed by atoms with Crippen LogP contribution in [0.3, 0.4) is 0 Å². The number of hydrogen-bond acceptors (Lipinski definition) is 3. The zero-order valence-corrected chi connectivity index (χ0v) is 14.2. The van der Waals surface area contributed by atoms with Gasteiger partial charge in [-0.3, -0.25) is 4.79 Å². The zero-order valence-electron chi connectivity index (χ0n) is 13.4. The molecule has 126 valence electrons. The number of hydrogen-bond donors (Lipinski definition) is 0. The van der Waals surface area contributed by atoms with Crippen molar-refractivity contribution in [3.05, 3.63) is 81.2 Å². The van der Waals surface area contributed by atoms with Gasteiger partial charge in [0, 0.05) is 17.0 Å². The van der Waals surface area contributed by atoms with E-state index in [1.165, 1.54) is 0 Å². The predicted molar refractivity (Wildman–Crippen MR) is 96.9 cm³/mol. The molecule has 4 nitrogen and oxygen atoms in total. The van der Waals surface area contributed by atoms with Crippen LogP contribution in [0.2, 0.25) is 5.02 Å². The Hall–Kier alpha value is -2.59. The number of benzene rings is 2. The molecule has 1 fully saturated rings. The van der Waals surface area contributed by atoms with E-state index in [-0.39, 0.29) is 17.5 Å². The van der Waals surface area contributed by atoms with Crippen molar-refractivity contribution >= 4 is 28.5 Å². The van der Waals surface area contributed by atoms with Crippen molar-refractivity contribution in [3.63, 3.8) is 0 Å². The van der Waals surface area contributed by atoms with Gasteiger partial charge in [0.15, 0.2) is 0 Å². The van der Waals surface area contributed by atoms with E-state index in [1.54, 1.807) is 23.1 Å². The van der Waals surface area contributed by atoms with Crippen molar-refractivity contribution in [1.29, 1.82) is 0 Å². The lowest BCUT2D eigenvalue weighted by molar-refractivity contribution is 0.0731. The van der Waals surface area contributed by atoms with Crippen LogP contribution >= 0.6 is 11.6 Å². The number of carbonyl (C=O) groups excluding carboxylic acids is 1. The van der Waals surface area contributed by atoms with Crippen LogP contribution < -0.4 is 5.63 Å². The standard InChI is InChI=1S/C20H16ClNO3/c21-15-9-7-13(8-10-15)17-5-3-11-22(17)19(23)16-12-14-4-1-2-6-18(14)25-20(16)24/h1-2,4,6-10,12,17H,3,5,11H2/t17-/m1/s1. The third-order valence-corrected chi connectivity index (χ3v) is 4.89. The molecule has 4 rings (SSSR count). The first-order valence-electron chi connectivity index (χ1n) is 8.23. The summed E-state index contributed by atoms with van der Waals surface area (Å²) in [5, 5.41) is 1.41. The van der Waals surface area contributed by atoms with Crippen LogP contribution in [0.5, 0.6) is 0 Å². The molecule has 2 aromatic carbocycles. The minimum atomic E-state index is -0.592. The number of rotatable bonds is 2. The SMILES string of the molecule is O=C(c1cc2ccccc2oc1=O)N1CCC[C@@H]1c1ccc(Cl)cc1. The van der Waals surface area contributed by atoms with E-state index in [9.17, 15) is 9.59 Å². The van der Waals surface area contributed by atoms with Crippen molar-refractivity contribution in [2.24, 2.45) is 0 Å². The molecule has 0 unspecified atom stereocenters. The maximum Gasteiger partial charge on any atom is 0.349 e. The third-order valence-electron chi connectivity index (χ3n) is 4.64. The highest BCUT2D eigenvalue weighted by Crippen LogP contribution is 2.33. The summed E-state index contributed by atoms with van der Waals surface area (Å²) in [6.45, 7) is 0.623. The third kappa shape index (κ3) is 2.94. The number of amides is 1. The molecule has 1 aliphatic heterocycles. The first kappa shape index (κ1) is 15.9. The van der Waals surface area contributed by atoms with Crippen LogP contribution in [-0.2, 0) is 0 Å². The Labute approximate surface area is 149 Å². The number of para-hydroxylation sites is 1. The molecule has 3 aromatic rings. The van der Waals surface area contributed by atoms with Crippen LogP contribution in [0.15, 0.2) is 63.8 Å². The summed E-state index contributed by atoms with van der Waals surface area (Å²) >= 11 is 5.96. The Morgan fingerprint density at radius 3 is 2.68 bits per heavy atom. The average molecular weight is 354 g/mol. The summed E-state index contributed by atoms with van der Waals surface area (Å²) in [6.07, 6.45) is 1.77. The van der Waals surface area contributed by atoms with E-state index in [0.717, 1.165) is 23.8 Å². The number of fused-ring (bicyclic) bond motifs is 1. The van der Waals surface area contributed by atoms with Gasteiger partial charge in [-0.05, 0) is 42.7 Å². The van der Waals surface area contributed by atoms with E-state index in [4.69, 9.17) is 16.0 Å². The molecule has 1 aliphatic rings. The molecule has 2 heterocycles. The lowest BCUT2D eigenvalue weighted by atomic mass is 10.0. The maximum absolute atomic E-state index is 13.0. The predicted octanol–water partition coefficient (Wildman–Crippen LogP) is 4.42. The number of likely N-dealkylation sites (tertiary alicyclic amines) is 1. The second kappa shape index (κ2) is 6.37. The Bertz CT molecular complexity index is 994. The second-order valence-electron chi connectivity index (χ2n) is 6.19. The molecule has 5 heteroatoms. The summed E-state index contributed by atoms with van der Waals surface area (Å²) in [5.41, 5.74) is 1.00. The first-order chi connectivity index (χ1) is 12.1. The van der Waals surface area contributed by atoms with Gasteiger partial charge in [0.2, 0.25) is 0 Å². The smallest absolute Gasteiger partial charge is 0.349 e. The van der Waals surface area contributed by atoms with Crippen LogP contribution in [0.25, 0.3) is 11.0 Å². The molecule has 0 bridgehead atoms. The van der Waals surface area contributed by atoms with E-state index in [1.807, 2.05) is 36.4 Å². The molecule has 1 atom stereocenters. The fourth-order valence-electron chi connectivity index (χ4n) is 3.41. The van der Waals surface area contributed by atoms with Crippen molar-refractivity contribution in [3.8, 4) is 0 Å². The summed E-state index contributed by atoms with van der Waals surface area (Å²) in [4.78, 5) is 27.0. The van der Waals surface area contributed by atoms with Crippen LogP contribution in [0.4, 0.5) is 0 Å². The summed E-state index contributed by atoms with van der Waals surface area (Å²) in [7, 11) is 0. The van der Waals surface area contributed by atoms with Crippen molar-refractivity contribution < 1.29 is 9.21 Å². The fraction of sp³-hybridized carbons (Fsp3) is 0.200. The number of halogens is 1. The molecular weight excluding hydrogens is 338 g/mol. The lowest BCUT2D eigenvalue weighted by Crippen LogP contribution is -2.33. The molecule has 1 amide bonds. The van der Waals surface area contributed by atoms with Gasteiger partial charge in [-0.15, -0.1) is 0 Å². The van der Waals surface area contributed by atoms with Gasteiger partial charge in [0.25, 0.3) is 5.91 Å². The molecule has 0 N–H and O–H groups in total. The fourth-order valence-corrected chi connectivity index (χ4v) is 3.53. The van der Waals surface area contributed by atoms with Crippen molar-refractivity contribution in [2.75, 3.05) is 6.54 Å². The number of carbonyl (C=O) groups is 1. The molecule has 1 saturated heterocycles. The van der Waals surface area contributed by atoms with Crippen LogP contribution in [0.1, 0.15) is 34.8 Å². The highest BCUT2D eigenvalue weighted by atomic mass is 35.5. The molecule has 1 aromatic heterocycles. The first-order valence-corrected chi connectivity index (χ1v) is 8.60. The second-order valence-corrected chi connectivity index (χ2v) is 6.63. The Kier molecular flexibility index (Phi) is 4.06. The normalized spacial score (nSPS) is 17.2. The summed E-state index contributed by atoms with van der Waals surface area (Å²) in [6, 6.07) is 16.3. The lowest BCUT2D eigenvalue weighted by Gasteiger charge is -2.25. The van der Waals surface area contributed by atoms with E-state index in [2.05, 4.69) is 0 Å². The summed E-state index contributed by atoms with van der Waals surface area (Å²) in [5.74, 6) is -0.281. The van der Waals surface area contributed by atoms with Crippen LogP contribution in [0, 0.1) is 0 Å². The van der Waals surface area contributed by atoms with E-state index in [0.29, 0.717) is 17.2 Å².